The second kappa shape index (κ2) is 6.18. The van der Waals surface area contributed by atoms with Crippen LogP contribution in [0.3, 0.4) is 0 Å². The van der Waals surface area contributed by atoms with Crippen LogP contribution < -0.4 is 0 Å². The van der Waals surface area contributed by atoms with Crippen molar-refractivity contribution in [1.82, 2.24) is 9.78 Å². The number of hydrogen-bond acceptors (Lipinski definition) is 3. The predicted octanol–water partition coefficient (Wildman–Crippen LogP) is 2.68. The van der Waals surface area contributed by atoms with E-state index in [1.807, 2.05) is 12.4 Å². The number of esters is 1. The molecule has 100 valence electrons. The lowest BCUT2D eigenvalue weighted by molar-refractivity contribution is -0.140. The van der Waals surface area contributed by atoms with Gasteiger partial charge in [0.2, 0.25) is 0 Å². The maximum atomic E-state index is 11.1. The number of hydrogen-bond donors (Lipinski definition) is 0. The summed E-state index contributed by atoms with van der Waals surface area (Å²) in [7, 11) is 1.40. The Kier molecular flexibility index (Phi) is 4.34. The van der Waals surface area contributed by atoms with Crippen molar-refractivity contribution in [3.05, 3.63) is 42.2 Å². The number of benzene rings is 1. The van der Waals surface area contributed by atoms with Crippen molar-refractivity contribution < 1.29 is 9.53 Å². The van der Waals surface area contributed by atoms with Crippen molar-refractivity contribution in [2.24, 2.45) is 0 Å². The molecule has 0 bridgehead atoms. The van der Waals surface area contributed by atoms with Gasteiger partial charge in [-0.2, -0.15) is 5.10 Å². The lowest BCUT2D eigenvalue weighted by atomic mass is 10.1. The van der Waals surface area contributed by atoms with Crippen molar-refractivity contribution in [1.29, 1.82) is 0 Å². The van der Waals surface area contributed by atoms with Gasteiger partial charge in [-0.3, -0.25) is 9.48 Å². The van der Waals surface area contributed by atoms with E-state index in [0.29, 0.717) is 13.0 Å². The van der Waals surface area contributed by atoms with Gasteiger partial charge in [-0.25, -0.2) is 0 Å². The summed E-state index contributed by atoms with van der Waals surface area (Å²) in [5.74, 6) is -0.218. The Morgan fingerprint density at radius 2 is 2.21 bits per heavy atom. The maximum Gasteiger partial charge on any atom is 0.307 e. The van der Waals surface area contributed by atoms with Crippen molar-refractivity contribution in [2.75, 3.05) is 7.11 Å². The van der Waals surface area contributed by atoms with Crippen molar-refractivity contribution in [2.45, 2.75) is 26.3 Å². The van der Waals surface area contributed by atoms with E-state index in [1.54, 1.807) is 4.68 Å². The minimum absolute atomic E-state index is 0.218. The van der Waals surface area contributed by atoms with Crippen LogP contribution >= 0.6 is 0 Å². The van der Waals surface area contributed by atoms with E-state index in [4.69, 9.17) is 0 Å². The SMILES string of the molecule is CCc1cccc(-c2cnn(CCC(=O)OC)c2)c1. The lowest BCUT2D eigenvalue weighted by Crippen LogP contribution is -2.07. The van der Waals surface area contributed by atoms with Crippen LogP contribution in [-0.2, 0) is 22.5 Å². The second-order valence-electron chi connectivity index (χ2n) is 4.37. The van der Waals surface area contributed by atoms with E-state index in [-0.39, 0.29) is 5.97 Å². The van der Waals surface area contributed by atoms with E-state index < -0.39 is 0 Å². The summed E-state index contributed by atoms with van der Waals surface area (Å²) >= 11 is 0. The summed E-state index contributed by atoms with van der Waals surface area (Å²) in [6, 6.07) is 8.41. The van der Waals surface area contributed by atoms with E-state index in [2.05, 4.69) is 41.0 Å². The second-order valence-corrected chi connectivity index (χ2v) is 4.37. The number of ether oxygens (including phenoxy) is 1. The molecule has 0 spiro atoms. The van der Waals surface area contributed by atoms with Crippen molar-refractivity contribution in [3.8, 4) is 11.1 Å². The van der Waals surface area contributed by atoms with Crippen LogP contribution in [-0.4, -0.2) is 22.9 Å². The van der Waals surface area contributed by atoms with Gasteiger partial charge in [-0.05, 0) is 17.5 Å². The largest absolute Gasteiger partial charge is 0.469 e. The minimum Gasteiger partial charge on any atom is -0.469 e. The number of methoxy groups -OCH3 is 1. The molecule has 0 saturated heterocycles. The zero-order chi connectivity index (χ0) is 13.7. The first-order chi connectivity index (χ1) is 9.22. The van der Waals surface area contributed by atoms with Gasteiger partial charge in [0.05, 0.1) is 26.3 Å². The van der Waals surface area contributed by atoms with Gasteiger partial charge in [-0.1, -0.05) is 31.2 Å². The fourth-order valence-electron chi connectivity index (χ4n) is 1.91. The monoisotopic (exact) mass is 258 g/mol. The molecular formula is C15H18N2O2. The molecular weight excluding hydrogens is 240 g/mol. The Morgan fingerprint density at radius 3 is 2.95 bits per heavy atom. The molecule has 0 aliphatic heterocycles. The Bertz CT molecular complexity index is 561. The van der Waals surface area contributed by atoms with Crippen LogP contribution in [0.15, 0.2) is 36.7 Å². The third-order valence-corrected chi connectivity index (χ3v) is 3.07. The molecule has 2 aromatic rings. The fourth-order valence-corrected chi connectivity index (χ4v) is 1.91. The van der Waals surface area contributed by atoms with Gasteiger partial charge in [0.1, 0.15) is 0 Å². The number of carbonyl (C=O) groups excluding carboxylic acids is 1. The molecule has 1 aromatic carbocycles. The molecule has 0 amide bonds. The van der Waals surface area contributed by atoms with E-state index in [9.17, 15) is 4.79 Å². The predicted molar refractivity (Wildman–Crippen MR) is 73.7 cm³/mol. The van der Waals surface area contributed by atoms with Gasteiger partial charge in [0, 0.05) is 11.8 Å². The highest BCUT2D eigenvalue weighted by Crippen LogP contribution is 2.20. The number of aromatic nitrogens is 2. The molecule has 0 atom stereocenters. The Labute approximate surface area is 113 Å². The smallest absolute Gasteiger partial charge is 0.307 e. The highest BCUT2D eigenvalue weighted by Gasteiger charge is 2.05. The van der Waals surface area contributed by atoms with Gasteiger partial charge >= 0.3 is 5.97 Å². The molecule has 0 fully saturated rings. The van der Waals surface area contributed by atoms with Crippen LogP contribution in [0.25, 0.3) is 11.1 Å². The molecule has 4 nitrogen and oxygen atoms in total. The van der Waals surface area contributed by atoms with Crippen LogP contribution in [0.1, 0.15) is 18.9 Å². The van der Waals surface area contributed by atoms with E-state index in [1.165, 1.54) is 12.7 Å². The molecule has 2 rings (SSSR count). The maximum absolute atomic E-state index is 11.1. The van der Waals surface area contributed by atoms with E-state index >= 15 is 0 Å². The Hall–Kier alpha value is -2.10. The highest BCUT2D eigenvalue weighted by atomic mass is 16.5. The molecule has 0 radical (unpaired) electrons. The number of nitrogens with zero attached hydrogens (tertiary/aromatic N) is 2. The third kappa shape index (κ3) is 3.44. The van der Waals surface area contributed by atoms with Crippen molar-refractivity contribution >= 4 is 5.97 Å². The summed E-state index contributed by atoms with van der Waals surface area (Å²) in [6.07, 6.45) is 5.14. The average molecular weight is 258 g/mol. The Morgan fingerprint density at radius 1 is 1.37 bits per heavy atom. The third-order valence-electron chi connectivity index (χ3n) is 3.07. The summed E-state index contributed by atoms with van der Waals surface area (Å²) in [6.45, 7) is 2.68. The molecule has 0 N–H and O–H groups in total. The Balaban J connectivity index is 2.09. The van der Waals surface area contributed by atoms with Crippen LogP contribution in [0.2, 0.25) is 0 Å². The van der Waals surface area contributed by atoms with Gasteiger partial charge in [0.25, 0.3) is 0 Å². The summed E-state index contributed by atoms with van der Waals surface area (Å²) in [5.41, 5.74) is 3.53. The minimum atomic E-state index is -0.218. The first kappa shape index (κ1) is 13.3. The lowest BCUT2D eigenvalue weighted by Gasteiger charge is -2.01. The molecule has 0 aliphatic rings. The van der Waals surface area contributed by atoms with Crippen molar-refractivity contribution in [3.63, 3.8) is 0 Å². The summed E-state index contributed by atoms with van der Waals surface area (Å²) < 4.78 is 6.38. The molecule has 0 aliphatic carbocycles. The molecule has 0 unspecified atom stereocenters. The quantitative estimate of drug-likeness (QED) is 0.774. The molecule has 19 heavy (non-hydrogen) atoms. The number of aryl methyl sites for hydroxylation is 2. The van der Waals surface area contributed by atoms with E-state index in [0.717, 1.165) is 17.5 Å². The van der Waals surface area contributed by atoms with Crippen LogP contribution in [0, 0.1) is 0 Å². The molecule has 4 heteroatoms. The number of rotatable bonds is 5. The normalized spacial score (nSPS) is 10.4. The highest BCUT2D eigenvalue weighted by molar-refractivity contribution is 5.69. The topological polar surface area (TPSA) is 44.1 Å². The zero-order valence-corrected chi connectivity index (χ0v) is 11.3. The average Bonchev–Trinajstić information content (AvgIpc) is 2.93. The summed E-state index contributed by atoms with van der Waals surface area (Å²) in [5, 5.41) is 4.26. The molecule has 1 heterocycles. The zero-order valence-electron chi connectivity index (χ0n) is 11.3. The molecule has 0 saturated carbocycles. The first-order valence-electron chi connectivity index (χ1n) is 6.41. The van der Waals surface area contributed by atoms with Crippen LogP contribution in [0.5, 0.6) is 0 Å². The fraction of sp³-hybridized carbons (Fsp3) is 0.333. The van der Waals surface area contributed by atoms with Gasteiger partial charge < -0.3 is 4.74 Å². The van der Waals surface area contributed by atoms with Gasteiger partial charge in [0.15, 0.2) is 0 Å². The number of carbonyl (C=O) groups is 1. The standard InChI is InChI=1S/C15H18N2O2/c1-3-12-5-4-6-13(9-12)14-10-16-17(11-14)8-7-15(18)19-2/h4-6,9-11H,3,7-8H2,1-2H3. The molecule has 1 aromatic heterocycles. The first-order valence-corrected chi connectivity index (χ1v) is 6.41. The van der Waals surface area contributed by atoms with Crippen LogP contribution in [0.4, 0.5) is 0 Å². The van der Waals surface area contributed by atoms with Gasteiger partial charge in [-0.15, -0.1) is 0 Å². The summed E-state index contributed by atoms with van der Waals surface area (Å²) in [4.78, 5) is 11.1.